The van der Waals surface area contributed by atoms with Crippen molar-refractivity contribution in [2.24, 2.45) is 5.73 Å². The molecule has 0 aromatic heterocycles. The molecule has 3 N–H and O–H groups in total. The predicted molar refractivity (Wildman–Crippen MR) is 58.5 cm³/mol. The van der Waals surface area contributed by atoms with Gasteiger partial charge in [-0.05, 0) is 27.7 Å². The first-order chi connectivity index (χ1) is 6.66. The Morgan fingerprint density at radius 2 is 1.87 bits per heavy atom. The van der Waals surface area contributed by atoms with Gasteiger partial charge in [0.15, 0.2) is 0 Å². The van der Waals surface area contributed by atoms with E-state index in [-0.39, 0.29) is 0 Å². The molecule has 1 amide bonds. The molecule has 0 rings (SSSR count). The van der Waals surface area contributed by atoms with Gasteiger partial charge < -0.3 is 20.5 Å². The monoisotopic (exact) mass is 218 g/mol. The van der Waals surface area contributed by atoms with Gasteiger partial charge in [0.05, 0.1) is 6.61 Å². The highest BCUT2D eigenvalue weighted by molar-refractivity contribution is 5.67. The average molecular weight is 218 g/mol. The van der Waals surface area contributed by atoms with Crippen LogP contribution in [0.25, 0.3) is 0 Å². The van der Waals surface area contributed by atoms with Gasteiger partial charge in [-0.15, -0.1) is 0 Å². The predicted octanol–water partition coefficient (Wildman–Crippen LogP) is 1.22. The van der Waals surface area contributed by atoms with Crippen molar-refractivity contribution in [3.05, 3.63) is 0 Å². The van der Waals surface area contributed by atoms with Crippen LogP contribution in [0.4, 0.5) is 4.79 Å². The summed E-state index contributed by atoms with van der Waals surface area (Å²) in [5.74, 6) is 0. The molecule has 0 spiro atoms. The van der Waals surface area contributed by atoms with Gasteiger partial charge in [-0.3, -0.25) is 0 Å². The first kappa shape index (κ1) is 14.2. The molecule has 0 heterocycles. The molecule has 0 fully saturated rings. The second-order valence-electron chi connectivity index (χ2n) is 4.60. The minimum Gasteiger partial charge on any atom is -0.443 e. The lowest BCUT2D eigenvalue weighted by Gasteiger charge is -2.27. The van der Waals surface area contributed by atoms with Crippen LogP contribution in [0.1, 0.15) is 34.1 Å². The van der Waals surface area contributed by atoms with Gasteiger partial charge in [-0.1, -0.05) is 0 Å². The van der Waals surface area contributed by atoms with Crippen molar-refractivity contribution in [2.45, 2.75) is 45.4 Å². The Hall–Kier alpha value is -0.810. The summed E-state index contributed by atoms with van der Waals surface area (Å²) >= 11 is 0. The van der Waals surface area contributed by atoms with Crippen molar-refractivity contribution in [1.29, 1.82) is 0 Å². The van der Waals surface area contributed by atoms with E-state index in [1.165, 1.54) is 7.05 Å². The molecule has 0 aromatic rings. The normalized spacial score (nSPS) is 12.4. The number of nitrogens with two attached hydrogens (primary N) is 1. The third kappa shape index (κ3) is 8.20. The summed E-state index contributed by atoms with van der Waals surface area (Å²) in [5, 5.41) is 2.40. The average Bonchev–Trinajstić information content (AvgIpc) is 2.00. The summed E-state index contributed by atoms with van der Waals surface area (Å²) in [5.41, 5.74) is 4.45. The third-order valence-corrected chi connectivity index (χ3v) is 1.75. The second kappa shape index (κ2) is 5.32. The Labute approximate surface area is 91.3 Å². The van der Waals surface area contributed by atoms with Crippen LogP contribution in [0.3, 0.4) is 0 Å². The quantitative estimate of drug-likeness (QED) is 0.680. The lowest BCUT2D eigenvalue weighted by Crippen LogP contribution is -2.38. The van der Waals surface area contributed by atoms with E-state index in [1.54, 1.807) is 13.8 Å². The highest BCUT2D eigenvalue weighted by Crippen LogP contribution is 2.15. The molecule has 5 heteroatoms. The van der Waals surface area contributed by atoms with Crippen molar-refractivity contribution in [3.63, 3.8) is 0 Å². The molecule has 15 heavy (non-hydrogen) atoms. The lowest BCUT2D eigenvalue weighted by molar-refractivity contribution is -0.0458. The topological polar surface area (TPSA) is 73.6 Å². The number of amides is 1. The van der Waals surface area contributed by atoms with E-state index in [0.717, 1.165) is 0 Å². The molecular weight excluding hydrogens is 196 g/mol. The minimum atomic E-state index is -0.650. The van der Waals surface area contributed by atoms with Gasteiger partial charge in [-0.2, -0.15) is 0 Å². The molecule has 0 aliphatic rings. The van der Waals surface area contributed by atoms with Crippen LogP contribution in [0.5, 0.6) is 0 Å². The van der Waals surface area contributed by atoms with Crippen molar-refractivity contribution in [1.82, 2.24) is 5.32 Å². The molecule has 0 radical (unpaired) electrons. The Morgan fingerprint density at radius 3 is 2.27 bits per heavy atom. The van der Waals surface area contributed by atoms with Crippen LogP contribution in [0.2, 0.25) is 0 Å². The Morgan fingerprint density at radius 1 is 1.33 bits per heavy atom. The molecule has 0 aliphatic heterocycles. The maximum absolute atomic E-state index is 11.0. The first-order valence-electron chi connectivity index (χ1n) is 5.00. The van der Waals surface area contributed by atoms with E-state index in [0.29, 0.717) is 13.0 Å². The van der Waals surface area contributed by atoms with E-state index in [2.05, 4.69) is 5.32 Å². The molecule has 0 atom stereocenters. The molecule has 0 saturated carbocycles. The molecule has 90 valence electrons. The summed E-state index contributed by atoms with van der Waals surface area (Å²) in [6, 6.07) is 0. The third-order valence-electron chi connectivity index (χ3n) is 1.75. The largest absolute Gasteiger partial charge is 0.443 e. The van der Waals surface area contributed by atoms with Crippen molar-refractivity contribution in [3.8, 4) is 0 Å². The number of hydrogen-bond acceptors (Lipinski definition) is 4. The number of carbonyl (C=O) groups excluding carboxylic acids is 1. The van der Waals surface area contributed by atoms with Crippen LogP contribution in [-0.4, -0.2) is 31.1 Å². The van der Waals surface area contributed by atoms with E-state index >= 15 is 0 Å². The van der Waals surface area contributed by atoms with E-state index in [9.17, 15) is 4.79 Å². The van der Waals surface area contributed by atoms with E-state index in [1.807, 2.05) is 13.8 Å². The number of ether oxygens (including phenoxy) is 2. The first-order valence-corrected chi connectivity index (χ1v) is 5.00. The maximum Gasteiger partial charge on any atom is 0.407 e. The summed E-state index contributed by atoms with van der Waals surface area (Å²) in [4.78, 5) is 11.0. The fraction of sp³-hybridized carbons (Fsp3) is 0.900. The fourth-order valence-corrected chi connectivity index (χ4v) is 0.913. The van der Waals surface area contributed by atoms with E-state index in [4.69, 9.17) is 15.2 Å². The standard InChI is InChI=1S/C10H22N2O3/c1-9(2,15-8(13)12-5)6-7-14-10(3,4)11/h6-7,11H2,1-5H3,(H,12,13). The van der Waals surface area contributed by atoms with E-state index < -0.39 is 17.4 Å². The number of hydrogen-bond donors (Lipinski definition) is 2. The lowest BCUT2D eigenvalue weighted by atomic mass is 10.1. The van der Waals surface area contributed by atoms with Gasteiger partial charge in [0, 0.05) is 13.5 Å². The zero-order valence-corrected chi connectivity index (χ0v) is 10.2. The SMILES string of the molecule is CNC(=O)OC(C)(C)CCOC(C)(C)N. The summed E-state index contributed by atoms with van der Waals surface area (Å²) in [7, 11) is 1.53. The minimum absolute atomic E-state index is 0.438. The Kier molecular flexibility index (Phi) is 5.03. The second-order valence-corrected chi connectivity index (χ2v) is 4.60. The van der Waals surface area contributed by atoms with Gasteiger partial charge >= 0.3 is 6.09 Å². The fourth-order valence-electron chi connectivity index (χ4n) is 0.913. The zero-order valence-electron chi connectivity index (χ0n) is 10.2. The highest BCUT2D eigenvalue weighted by atomic mass is 16.6. The van der Waals surface area contributed by atoms with Crippen molar-refractivity contribution < 1.29 is 14.3 Å². The molecule has 5 nitrogen and oxygen atoms in total. The van der Waals surface area contributed by atoms with Gasteiger partial charge in [-0.25, -0.2) is 4.79 Å². The van der Waals surface area contributed by atoms with Crippen LogP contribution < -0.4 is 11.1 Å². The van der Waals surface area contributed by atoms with Crippen LogP contribution >= 0.6 is 0 Å². The summed E-state index contributed by atoms with van der Waals surface area (Å²) in [6.45, 7) is 7.66. The van der Waals surface area contributed by atoms with Gasteiger partial charge in [0.2, 0.25) is 0 Å². The van der Waals surface area contributed by atoms with Crippen molar-refractivity contribution in [2.75, 3.05) is 13.7 Å². The Bertz CT molecular complexity index is 209. The van der Waals surface area contributed by atoms with Crippen LogP contribution in [0.15, 0.2) is 0 Å². The number of nitrogens with one attached hydrogen (secondary N) is 1. The summed E-state index contributed by atoms with van der Waals surface area (Å²) < 4.78 is 10.5. The van der Waals surface area contributed by atoms with Gasteiger partial charge in [0.25, 0.3) is 0 Å². The molecule has 0 unspecified atom stereocenters. The number of rotatable bonds is 5. The smallest absolute Gasteiger partial charge is 0.407 e. The van der Waals surface area contributed by atoms with Crippen molar-refractivity contribution >= 4 is 6.09 Å². The number of alkyl carbamates (subject to hydrolysis) is 1. The zero-order chi connectivity index (χ0) is 12.1. The van der Waals surface area contributed by atoms with Gasteiger partial charge in [0.1, 0.15) is 11.3 Å². The Balaban J connectivity index is 3.89. The van der Waals surface area contributed by atoms with Crippen LogP contribution in [-0.2, 0) is 9.47 Å². The highest BCUT2D eigenvalue weighted by Gasteiger charge is 2.23. The summed E-state index contributed by atoms with van der Waals surface area (Å²) in [6.07, 6.45) is 0.160. The molecule has 0 aliphatic carbocycles. The molecule has 0 saturated heterocycles. The van der Waals surface area contributed by atoms with Crippen LogP contribution in [0, 0.1) is 0 Å². The maximum atomic E-state index is 11.0. The molecule has 0 aromatic carbocycles. The number of carbonyl (C=O) groups is 1. The molecular formula is C10H22N2O3. The molecule has 0 bridgehead atoms.